The lowest BCUT2D eigenvalue weighted by atomic mass is 9.93. The fourth-order valence-corrected chi connectivity index (χ4v) is 3.95. The summed E-state index contributed by atoms with van der Waals surface area (Å²) >= 11 is 0. The molecule has 0 aromatic heterocycles. The SMILES string of the molecule is CCCCC(=O)O/N=C(\C(=O)c1ccc(-c2ccc([N+](=O)[O-])cc2[N+](=O)[O-])cc1)C1CCCC1. The summed E-state index contributed by atoms with van der Waals surface area (Å²) in [7, 11) is 0. The molecular weight excluding hydrogens is 442 g/mol. The molecule has 0 saturated heterocycles. The number of ketones is 1. The van der Waals surface area contributed by atoms with E-state index in [4.69, 9.17) is 4.84 Å². The van der Waals surface area contributed by atoms with Crippen LogP contribution in [0.4, 0.5) is 11.4 Å². The number of carbonyl (C=O) groups is 2. The van der Waals surface area contributed by atoms with Gasteiger partial charge in [-0.2, -0.15) is 0 Å². The van der Waals surface area contributed by atoms with Gasteiger partial charge in [0.25, 0.3) is 11.4 Å². The average molecular weight is 467 g/mol. The summed E-state index contributed by atoms with van der Waals surface area (Å²) in [5, 5.41) is 26.4. The fourth-order valence-electron chi connectivity index (χ4n) is 3.95. The minimum absolute atomic E-state index is 0.0955. The van der Waals surface area contributed by atoms with Crippen LogP contribution >= 0.6 is 0 Å². The molecule has 2 aromatic rings. The summed E-state index contributed by atoms with van der Waals surface area (Å²) in [5.74, 6) is -0.937. The molecule has 0 atom stereocenters. The molecule has 34 heavy (non-hydrogen) atoms. The minimum Gasteiger partial charge on any atom is -0.318 e. The molecular formula is C24H25N3O7. The molecule has 0 aliphatic heterocycles. The zero-order valence-electron chi connectivity index (χ0n) is 18.8. The number of nitro groups is 2. The number of hydrogen-bond donors (Lipinski definition) is 0. The zero-order valence-corrected chi connectivity index (χ0v) is 18.8. The van der Waals surface area contributed by atoms with Crippen molar-refractivity contribution in [2.75, 3.05) is 0 Å². The summed E-state index contributed by atoms with van der Waals surface area (Å²) in [4.78, 5) is 51.2. The lowest BCUT2D eigenvalue weighted by Crippen LogP contribution is -2.23. The molecule has 1 aliphatic carbocycles. The van der Waals surface area contributed by atoms with Crippen LogP contribution in [0.25, 0.3) is 11.1 Å². The van der Waals surface area contributed by atoms with E-state index in [0.717, 1.165) is 38.2 Å². The first-order chi connectivity index (χ1) is 16.3. The maximum absolute atomic E-state index is 13.2. The Morgan fingerprint density at radius 3 is 2.29 bits per heavy atom. The normalized spacial score (nSPS) is 14.1. The van der Waals surface area contributed by atoms with Crippen molar-refractivity contribution in [3.63, 3.8) is 0 Å². The van der Waals surface area contributed by atoms with Gasteiger partial charge in [0.2, 0.25) is 5.78 Å². The summed E-state index contributed by atoms with van der Waals surface area (Å²) in [6.07, 6.45) is 5.24. The zero-order chi connectivity index (χ0) is 24.7. The second-order valence-corrected chi connectivity index (χ2v) is 8.15. The molecule has 0 radical (unpaired) electrons. The van der Waals surface area contributed by atoms with Crippen LogP contribution in [0.2, 0.25) is 0 Å². The number of nitrogens with zero attached hydrogens (tertiary/aromatic N) is 3. The number of Topliss-reactive ketones (excluding diaryl/α,β-unsaturated/α-hetero) is 1. The second-order valence-electron chi connectivity index (χ2n) is 8.15. The Kier molecular flexibility index (Phi) is 8.18. The van der Waals surface area contributed by atoms with Gasteiger partial charge in [0.15, 0.2) is 0 Å². The molecule has 178 valence electrons. The van der Waals surface area contributed by atoms with Gasteiger partial charge < -0.3 is 4.84 Å². The van der Waals surface area contributed by atoms with E-state index in [1.165, 1.54) is 24.3 Å². The highest BCUT2D eigenvalue weighted by Gasteiger charge is 2.28. The number of hydrogen-bond acceptors (Lipinski definition) is 8. The van der Waals surface area contributed by atoms with Gasteiger partial charge in [-0.05, 0) is 30.9 Å². The number of rotatable bonds is 10. The van der Waals surface area contributed by atoms with Gasteiger partial charge in [-0.1, -0.05) is 55.6 Å². The van der Waals surface area contributed by atoms with Crippen LogP contribution in [0.3, 0.4) is 0 Å². The Labute approximate surface area is 195 Å². The maximum atomic E-state index is 13.2. The van der Waals surface area contributed by atoms with Crippen molar-refractivity contribution < 1.29 is 24.3 Å². The first kappa shape index (κ1) is 24.7. The molecule has 2 aromatic carbocycles. The third kappa shape index (κ3) is 5.89. The van der Waals surface area contributed by atoms with Gasteiger partial charge in [-0.3, -0.25) is 25.0 Å². The van der Waals surface area contributed by atoms with Crippen LogP contribution in [0, 0.1) is 26.1 Å². The van der Waals surface area contributed by atoms with Gasteiger partial charge in [0.05, 0.1) is 21.5 Å². The third-order valence-electron chi connectivity index (χ3n) is 5.80. The van der Waals surface area contributed by atoms with Crippen molar-refractivity contribution in [1.82, 2.24) is 0 Å². The summed E-state index contributed by atoms with van der Waals surface area (Å²) < 4.78 is 0. The van der Waals surface area contributed by atoms with E-state index in [0.29, 0.717) is 17.5 Å². The van der Waals surface area contributed by atoms with Crippen LogP contribution < -0.4 is 0 Å². The first-order valence-corrected chi connectivity index (χ1v) is 11.2. The van der Waals surface area contributed by atoms with Crippen molar-refractivity contribution in [2.45, 2.75) is 51.9 Å². The molecule has 10 heteroatoms. The topological polar surface area (TPSA) is 142 Å². The van der Waals surface area contributed by atoms with Crippen molar-refractivity contribution in [2.24, 2.45) is 11.1 Å². The van der Waals surface area contributed by atoms with E-state index >= 15 is 0 Å². The van der Waals surface area contributed by atoms with Crippen molar-refractivity contribution >= 4 is 28.8 Å². The Morgan fingerprint density at radius 2 is 1.71 bits per heavy atom. The molecule has 0 bridgehead atoms. The number of oxime groups is 1. The van der Waals surface area contributed by atoms with Gasteiger partial charge in [0, 0.05) is 24.0 Å². The number of carbonyl (C=O) groups excluding carboxylic acids is 2. The quantitative estimate of drug-likeness (QED) is 0.145. The van der Waals surface area contributed by atoms with E-state index in [9.17, 15) is 29.8 Å². The summed E-state index contributed by atoms with van der Waals surface area (Å²) in [6.45, 7) is 1.96. The monoisotopic (exact) mass is 467 g/mol. The Hall–Kier alpha value is -3.95. The van der Waals surface area contributed by atoms with Crippen LogP contribution in [0.5, 0.6) is 0 Å². The smallest absolute Gasteiger partial charge is 0.318 e. The molecule has 0 spiro atoms. The van der Waals surface area contributed by atoms with Gasteiger partial charge in [-0.15, -0.1) is 0 Å². The number of unbranched alkanes of at least 4 members (excludes halogenated alkanes) is 1. The molecule has 3 rings (SSSR count). The molecule has 1 fully saturated rings. The Morgan fingerprint density at radius 1 is 1.03 bits per heavy atom. The van der Waals surface area contributed by atoms with Gasteiger partial charge >= 0.3 is 5.97 Å². The highest BCUT2D eigenvalue weighted by molar-refractivity contribution is 6.46. The highest BCUT2D eigenvalue weighted by atomic mass is 16.7. The predicted octanol–water partition coefficient (Wildman–Crippen LogP) is 5.63. The number of non-ortho nitro benzene ring substituents is 1. The Balaban J connectivity index is 1.87. The van der Waals surface area contributed by atoms with Crippen LogP contribution in [0.1, 0.15) is 62.2 Å². The molecule has 0 amide bonds. The second kappa shape index (κ2) is 11.3. The van der Waals surface area contributed by atoms with E-state index in [1.807, 2.05) is 6.92 Å². The molecule has 0 unspecified atom stereocenters. The molecule has 1 aliphatic rings. The van der Waals surface area contributed by atoms with E-state index in [-0.39, 0.29) is 35.1 Å². The van der Waals surface area contributed by atoms with Crippen LogP contribution in [-0.2, 0) is 9.63 Å². The summed E-state index contributed by atoms with van der Waals surface area (Å²) in [5.41, 5.74) is 0.362. The average Bonchev–Trinajstić information content (AvgIpc) is 3.37. The lowest BCUT2D eigenvalue weighted by molar-refractivity contribution is -0.393. The lowest BCUT2D eigenvalue weighted by Gasteiger charge is -2.12. The standard InChI is InChI=1S/C24H25N3O7/c1-2-3-8-22(28)34-25-23(17-6-4-5-7-17)24(29)18-11-9-16(10-12-18)20-14-13-19(26(30)31)15-21(20)27(32)33/h9-15,17H,2-8H2,1H3/b25-23-. The predicted molar refractivity (Wildman–Crippen MR) is 125 cm³/mol. The van der Waals surface area contributed by atoms with Crippen molar-refractivity contribution in [1.29, 1.82) is 0 Å². The Bertz CT molecular complexity index is 1120. The molecule has 0 heterocycles. The fraction of sp³-hybridized carbons (Fsp3) is 0.375. The van der Waals surface area contributed by atoms with E-state index in [2.05, 4.69) is 5.16 Å². The number of benzene rings is 2. The van der Waals surface area contributed by atoms with Crippen molar-refractivity contribution in [3.8, 4) is 11.1 Å². The minimum atomic E-state index is -0.697. The maximum Gasteiger partial charge on any atom is 0.335 e. The molecule has 1 saturated carbocycles. The van der Waals surface area contributed by atoms with Gasteiger partial charge in [-0.25, -0.2) is 4.79 Å². The summed E-state index contributed by atoms with van der Waals surface area (Å²) in [6, 6.07) is 9.54. The molecule has 10 nitrogen and oxygen atoms in total. The van der Waals surface area contributed by atoms with Gasteiger partial charge in [0.1, 0.15) is 5.71 Å². The van der Waals surface area contributed by atoms with E-state index < -0.39 is 21.5 Å². The highest BCUT2D eigenvalue weighted by Crippen LogP contribution is 2.33. The third-order valence-corrected chi connectivity index (χ3v) is 5.80. The van der Waals surface area contributed by atoms with Crippen molar-refractivity contribution in [3.05, 3.63) is 68.3 Å². The largest absolute Gasteiger partial charge is 0.335 e. The van der Waals surface area contributed by atoms with Crippen LogP contribution in [0.15, 0.2) is 47.6 Å². The molecule has 0 N–H and O–H groups in total. The number of nitro benzene ring substituents is 2. The van der Waals surface area contributed by atoms with Crippen LogP contribution in [-0.4, -0.2) is 27.3 Å². The first-order valence-electron chi connectivity index (χ1n) is 11.2. The van der Waals surface area contributed by atoms with E-state index in [1.54, 1.807) is 12.1 Å².